The van der Waals surface area contributed by atoms with Crippen LogP contribution in [0.2, 0.25) is 0 Å². The van der Waals surface area contributed by atoms with Crippen LogP contribution in [0, 0.1) is 11.8 Å². The number of fused-ring (bicyclic) bond motifs is 1. The number of aliphatic carboxylic acids is 1. The van der Waals surface area contributed by atoms with E-state index in [0.29, 0.717) is 12.3 Å². The number of nitrogens with zero attached hydrogens (tertiary/aromatic N) is 1. The van der Waals surface area contributed by atoms with Crippen molar-refractivity contribution in [1.82, 2.24) is 4.90 Å². The normalized spacial score (nSPS) is 42.1. The third-order valence-electron chi connectivity index (χ3n) is 3.91. The van der Waals surface area contributed by atoms with E-state index in [1.165, 1.54) is 12.8 Å². The number of carbonyl (C=O) groups is 1. The molecule has 0 aromatic heterocycles. The van der Waals surface area contributed by atoms with Crippen LogP contribution in [0.25, 0.3) is 0 Å². The fourth-order valence-electron chi connectivity index (χ4n) is 3.04. The summed E-state index contributed by atoms with van der Waals surface area (Å²) < 4.78 is 0. The molecule has 0 saturated heterocycles. The zero-order valence-corrected chi connectivity index (χ0v) is 8.29. The number of carboxylic acids is 1. The minimum atomic E-state index is -0.652. The summed E-state index contributed by atoms with van der Waals surface area (Å²) in [6.45, 7) is 0. The van der Waals surface area contributed by atoms with Crippen molar-refractivity contribution in [2.75, 3.05) is 14.1 Å². The van der Waals surface area contributed by atoms with Crippen LogP contribution in [0.1, 0.15) is 25.7 Å². The van der Waals surface area contributed by atoms with E-state index in [2.05, 4.69) is 4.90 Å². The fourth-order valence-corrected chi connectivity index (χ4v) is 3.04. The Hall–Kier alpha value is -0.570. The maximum atomic E-state index is 10.8. The first-order valence-electron chi connectivity index (χ1n) is 4.95. The first-order chi connectivity index (χ1) is 6.06. The van der Waals surface area contributed by atoms with Gasteiger partial charge in [-0.1, -0.05) is 0 Å². The minimum Gasteiger partial charge on any atom is -0.481 e. The second-order valence-electron chi connectivity index (χ2n) is 4.71. The molecule has 0 amide bonds. The second-order valence-corrected chi connectivity index (χ2v) is 4.71. The third kappa shape index (κ3) is 1.26. The van der Waals surface area contributed by atoms with Gasteiger partial charge in [0.25, 0.3) is 0 Å². The van der Waals surface area contributed by atoms with Gasteiger partial charge >= 0.3 is 5.97 Å². The maximum Gasteiger partial charge on any atom is 0.305 e. The van der Waals surface area contributed by atoms with Crippen molar-refractivity contribution < 1.29 is 9.90 Å². The quantitative estimate of drug-likeness (QED) is 0.714. The molecular weight excluding hydrogens is 166 g/mol. The summed E-state index contributed by atoms with van der Waals surface area (Å²) in [4.78, 5) is 12.9. The van der Waals surface area contributed by atoms with Crippen molar-refractivity contribution in [2.45, 2.75) is 31.2 Å². The summed E-state index contributed by atoms with van der Waals surface area (Å²) in [5.41, 5.74) is -0.0174. The van der Waals surface area contributed by atoms with Crippen molar-refractivity contribution in [3.05, 3.63) is 0 Å². The van der Waals surface area contributed by atoms with Gasteiger partial charge in [-0.2, -0.15) is 0 Å². The van der Waals surface area contributed by atoms with Gasteiger partial charge < -0.3 is 10.0 Å². The molecule has 74 valence electrons. The Labute approximate surface area is 78.7 Å². The van der Waals surface area contributed by atoms with Crippen molar-refractivity contribution >= 4 is 5.97 Å². The van der Waals surface area contributed by atoms with Gasteiger partial charge in [0.05, 0.1) is 6.42 Å². The lowest BCUT2D eigenvalue weighted by Crippen LogP contribution is -2.46. The molecular formula is C10H17NO2. The van der Waals surface area contributed by atoms with E-state index >= 15 is 0 Å². The maximum absolute atomic E-state index is 10.8. The van der Waals surface area contributed by atoms with E-state index in [0.717, 1.165) is 12.3 Å². The van der Waals surface area contributed by atoms with Crippen LogP contribution in [-0.2, 0) is 4.79 Å². The topological polar surface area (TPSA) is 40.5 Å². The molecule has 1 N–H and O–H groups in total. The first-order valence-corrected chi connectivity index (χ1v) is 4.95. The number of hydrogen-bond donors (Lipinski definition) is 1. The van der Waals surface area contributed by atoms with Gasteiger partial charge in [0.15, 0.2) is 0 Å². The lowest BCUT2D eigenvalue weighted by atomic mass is 9.88. The predicted octanol–water partition coefficient (Wildman–Crippen LogP) is 1.19. The molecule has 3 unspecified atom stereocenters. The molecule has 2 rings (SSSR count). The molecule has 0 aromatic rings. The monoisotopic (exact) mass is 183 g/mol. The van der Waals surface area contributed by atoms with Crippen molar-refractivity contribution in [2.24, 2.45) is 11.8 Å². The Morgan fingerprint density at radius 3 is 2.62 bits per heavy atom. The van der Waals surface area contributed by atoms with E-state index < -0.39 is 5.97 Å². The van der Waals surface area contributed by atoms with Gasteiger partial charge in [-0.3, -0.25) is 4.79 Å². The van der Waals surface area contributed by atoms with Crippen LogP contribution >= 0.6 is 0 Å². The molecule has 0 spiro atoms. The Balaban J connectivity index is 2.15. The molecule has 0 bridgehead atoms. The zero-order valence-electron chi connectivity index (χ0n) is 8.29. The van der Waals surface area contributed by atoms with Crippen molar-refractivity contribution in [3.63, 3.8) is 0 Å². The molecule has 0 aliphatic heterocycles. The number of rotatable bonds is 3. The van der Waals surface area contributed by atoms with Gasteiger partial charge in [-0.15, -0.1) is 0 Å². The van der Waals surface area contributed by atoms with Gasteiger partial charge in [-0.05, 0) is 45.2 Å². The molecule has 13 heavy (non-hydrogen) atoms. The summed E-state index contributed by atoms with van der Waals surface area (Å²) in [5, 5.41) is 8.90. The van der Waals surface area contributed by atoms with E-state index in [9.17, 15) is 4.79 Å². The largest absolute Gasteiger partial charge is 0.481 e. The molecule has 3 heteroatoms. The van der Waals surface area contributed by atoms with E-state index in [4.69, 9.17) is 5.11 Å². The van der Waals surface area contributed by atoms with Crippen LogP contribution in [0.4, 0.5) is 0 Å². The van der Waals surface area contributed by atoms with Crippen LogP contribution in [0.5, 0.6) is 0 Å². The molecule has 3 nitrogen and oxygen atoms in total. The summed E-state index contributed by atoms with van der Waals surface area (Å²) in [5.74, 6) is 0.849. The molecule has 2 aliphatic carbocycles. The highest BCUT2D eigenvalue weighted by Gasteiger charge is 2.59. The molecule has 0 radical (unpaired) electrons. The lowest BCUT2D eigenvalue weighted by Gasteiger charge is -2.37. The standard InChI is InChI=1S/C10H17NO2/c1-11(2)10(6-9(12)13)4-3-7-5-8(7)10/h7-8H,3-6H2,1-2H3,(H,12,13). The average molecular weight is 183 g/mol. The molecule has 3 atom stereocenters. The minimum absolute atomic E-state index is 0.0174. The van der Waals surface area contributed by atoms with E-state index in [1.807, 2.05) is 14.1 Å². The van der Waals surface area contributed by atoms with Crippen LogP contribution in [0.15, 0.2) is 0 Å². The highest BCUT2D eigenvalue weighted by molar-refractivity contribution is 5.68. The number of carboxylic acid groups (broad SMARTS) is 1. The van der Waals surface area contributed by atoms with Gasteiger partial charge in [0.1, 0.15) is 0 Å². The van der Waals surface area contributed by atoms with Gasteiger partial charge in [0, 0.05) is 5.54 Å². The lowest BCUT2D eigenvalue weighted by molar-refractivity contribution is -0.140. The van der Waals surface area contributed by atoms with Crippen molar-refractivity contribution in [1.29, 1.82) is 0 Å². The van der Waals surface area contributed by atoms with Crippen LogP contribution in [-0.4, -0.2) is 35.6 Å². The zero-order chi connectivity index (χ0) is 9.64. The highest BCUT2D eigenvalue weighted by atomic mass is 16.4. The Kier molecular flexibility index (Phi) is 1.88. The fraction of sp³-hybridized carbons (Fsp3) is 0.900. The summed E-state index contributed by atoms with van der Waals surface area (Å²) >= 11 is 0. The summed E-state index contributed by atoms with van der Waals surface area (Å²) in [7, 11) is 4.04. The molecule has 2 saturated carbocycles. The smallest absolute Gasteiger partial charge is 0.305 e. The third-order valence-corrected chi connectivity index (χ3v) is 3.91. The molecule has 2 aliphatic rings. The van der Waals surface area contributed by atoms with E-state index in [1.54, 1.807) is 0 Å². The highest BCUT2D eigenvalue weighted by Crippen LogP contribution is 2.60. The molecule has 0 aromatic carbocycles. The molecule has 0 heterocycles. The summed E-state index contributed by atoms with van der Waals surface area (Å²) in [6, 6.07) is 0. The van der Waals surface area contributed by atoms with Crippen LogP contribution in [0.3, 0.4) is 0 Å². The average Bonchev–Trinajstić information content (AvgIpc) is 2.70. The second kappa shape index (κ2) is 2.71. The van der Waals surface area contributed by atoms with E-state index in [-0.39, 0.29) is 5.54 Å². The van der Waals surface area contributed by atoms with Crippen LogP contribution < -0.4 is 0 Å². The summed E-state index contributed by atoms with van der Waals surface area (Å²) in [6.07, 6.45) is 3.88. The Bertz CT molecular complexity index is 239. The number of hydrogen-bond acceptors (Lipinski definition) is 2. The van der Waals surface area contributed by atoms with Gasteiger partial charge in [-0.25, -0.2) is 0 Å². The molecule has 2 fully saturated rings. The Morgan fingerprint density at radius 1 is 1.62 bits per heavy atom. The SMILES string of the molecule is CN(C)C1(CC(=O)O)CCC2CC21. The predicted molar refractivity (Wildman–Crippen MR) is 49.5 cm³/mol. The first kappa shape index (κ1) is 9.00. The van der Waals surface area contributed by atoms with Crippen molar-refractivity contribution in [3.8, 4) is 0 Å². The van der Waals surface area contributed by atoms with Gasteiger partial charge in [0.2, 0.25) is 0 Å². The Morgan fingerprint density at radius 2 is 2.31 bits per heavy atom.